The molecular formula is C21H21Cl2N7. The van der Waals surface area contributed by atoms with Crippen LogP contribution in [0.1, 0.15) is 31.4 Å². The fourth-order valence-corrected chi connectivity index (χ4v) is 3.82. The zero-order valence-electron chi connectivity index (χ0n) is 16.4. The summed E-state index contributed by atoms with van der Waals surface area (Å²) < 4.78 is 1.87. The number of rotatable bonds is 5. The lowest BCUT2D eigenvalue weighted by molar-refractivity contribution is 0.478. The molecule has 154 valence electrons. The van der Waals surface area contributed by atoms with Gasteiger partial charge in [0.05, 0.1) is 33.9 Å². The van der Waals surface area contributed by atoms with Crippen molar-refractivity contribution in [3.8, 4) is 23.3 Å². The van der Waals surface area contributed by atoms with Crippen LogP contribution in [-0.4, -0.2) is 38.7 Å². The molecule has 2 N–H and O–H groups in total. The molecule has 0 spiro atoms. The number of anilines is 1. The number of nitriles is 1. The Labute approximate surface area is 185 Å². The lowest BCUT2D eigenvalue weighted by Crippen LogP contribution is -2.38. The molecule has 0 amide bonds. The summed E-state index contributed by atoms with van der Waals surface area (Å²) in [6.07, 6.45) is 5.59. The van der Waals surface area contributed by atoms with Crippen molar-refractivity contribution in [2.45, 2.75) is 31.7 Å². The number of nitrogens with zero attached hydrogens (tertiary/aromatic N) is 5. The Morgan fingerprint density at radius 2 is 2.13 bits per heavy atom. The van der Waals surface area contributed by atoms with Crippen molar-refractivity contribution in [2.75, 3.05) is 18.4 Å². The van der Waals surface area contributed by atoms with E-state index in [-0.39, 0.29) is 12.0 Å². The van der Waals surface area contributed by atoms with Gasteiger partial charge in [0.25, 0.3) is 0 Å². The summed E-state index contributed by atoms with van der Waals surface area (Å²) in [7, 11) is 0. The first-order chi connectivity index (χ1) is 14.6. The number of imidazole rings is 1. The van der Waals surface area contributed by atoms with E-state index in [1.165, 1.54) is 0 Å². The van der Waals surface area contributed by atoms with Gasteiger partial charge in [-0.05, 0) is 50.6 Å². The third-order valence-corrected chi connectivity index (χ3v) is 5.84. The Kier molecular flexibility index (Phi) is 6.18. The van der Waals surface area contributed by atoms with Crippen LogP contribution in [0.5, 0.6) is 0 Å². The van der Waals surface area contributed by atoms with Gasteiger partial charge < -0.3 is 10.6 Å². The predicted octanol–water partition coefficient (Wildman–Crippen LogP) is 4.43. The van der Waals surface area contributed by atoms with Crippen molar-refractivity contribution in [2.24, 2.45) is 0 Å². The standard InChI is InChI=1S/C21H21Cl2N7/c1-13(10-24)18-12-27-20(14-4-5-16(22)17(23)9-14)30(18)19-6-8-26-21(29-19)28-15-3-2-7-25-11-15/h4-6,8-9,12-13,15,25H,2-3,7,11H2,1H3,(H,26,28,29)/t13-,15?/m1/s1. The topological polar surface area (TPSA) is 91.5 Å². The molecule has 3 aromatic rings. The maximum Gasteiger partial charge on any atom is 0.224 e. The Morgan fingerprint density at radius 3 is 2.87 bits per heavy atom. The third-order valence-electron chi connectivity index (χ3n) is 5.10. The Hall–Kier alpha value is -2.66. The highest BCUT2D eigenvalue weighted by molar-refractivity contribution is 6.42. The number of benzene rings is 1. The van der Waals surface area contributed by atoms with Crippen molar-refractivity contribution in [1.82, 2.24) is 24.8 Å². The van der Waals surface area contributed by atoms with Crippen molar-refractivity contribution in [3.05, 3.63) is 52.4 Å². The van der Waals surface area contributed by atoms with Crippen LogP contribution in [0.3, 0.4) is 0 Å². The molecule has 0 radical (unpaired) electrons. The SMILES string of the molecule is C[C@H](C#N)c1cnc(-c2ccc(Cl)c(Cl)c2)n1-c1ccnc(NC2CCCNC2)n1. The average Bonchev–Trinajstić information content (AvgIpc) is 3.21. The fourth-order valence-electron chi connectivity index (χ4n) is 3.52. The first kappa shape index (κ1) is 20.6. The molecule has 7 nitrogen and oxygen atoms in total. The summed E-state index contributed by atoms with van der Waals surface area (Å²) in [6, 6.07) is 9.71. The average molecular weight is 442 g/mol. The normalized spacial score (nSPS) is 17.3. The van der Waals surface area contributed by atoms with E-state index < -0.39 is 0 Å². The summed E-state index contributed by atoms with van der Waals surface area (Å²) in [4.78, 5) is 13.7. The molecular weight excluding hydrogens is 421 g/mol. The smallest absolute Gasteiger partial charge is 0.224 e. The van der Waals surface area contributed by atoms with E-state index in [0.29, 0.717) is 27.6 Å². The summed E-state index contributed by atoms with van der Waals surface area (Å²) >= 11 is 12.3. The number of piperidine rings is 1. The third kappa shape index (κ3) is 4.26. The monoisotopic (exact) mass is 441 g/mol. The van der Waals surface area contributed by atoms with Crippen molar-refractivity contribution < 1.29 is 0 Å². The number of hydrogen-bond acceptors (Lipinski definition) is 6. The second kappa shape index (κ2) is 9.00. The van der Waals surface area contributed by atoms with Crippen LogP contribution in [0.15, 0.2) is 36.7 Å². The number of hydrogen-bond donors (Lipinski definition) is 2. The van der Waals surface area contributed by atoms with Crippen LogP contribution >= 0.6 is 23.2 Å². The quantitative estimate of drug-likeness (QED) is 0.608. The van der Waals surface area contributed by atoms with Crippen LogP contribution in [0.2, 0.25) is 10.0 Å². The maximum atomic E-state index is 9.51. The van der Waals surface area contributed by atoms with Crippen LogP contribution in [0.4, 0.5) is 5.95 Å². The molecule has 1 aliphatic heterocycles. The van der Waals surface area contributed by atoms with Gasteiger partial charge in [-0.3, -0.25) is 4.57 Å². The van der Waals surface area contributed by atoms with Gasteiger partial charge in [-0.2, -0.15) is 10.2 Å². The molecule has 1 aromatic carbocycles. The molecule has 1 fully saturated rings. The highest BCUT2D eigenvalue weighted by Gasteiger charge is 2.20. The molecule has 2 atom stereocenters. The summed E-state index contributed by atoms with van der Waals surface area (Å²) in [5.74, 6) is 1.44. The maximum absolute atomic E-state index is 9.51. The number of aromatic nitrogens is 4. The van der Waals surface area contributed by atoms with Crippen LogP contribution < -0.4 is 10.6 Å². The van der Waals surface area contributed by atoms with Gasteiger partial charge in [0.2, 0.25) is 5.95 Å². The highest BCUT2D eigenvalue weighted by Crippen LogP contribution is 2.31. The Bertz CT molecular complexity index is 1080. The molecule has 0 aliphatic carbocycles. The molecule has 2 aromatic heterocycles. The lowest BCUT2D eigenvalue weighted by atomic mass is 10.1. The number of nitrogens with one attached hydrogen (secondary N) is 2. The van der Waals surface area contributed by atoms with Gasteiger partial charge in [0.1, 0.15) is 11.6 Å². The van der Waals surface area contributed by atoms with Crippen molar-refractivity contribution >= 4 is 29.2 Å². The van der Waals surface area contributed by atoms with Crippen LogP contribution in [0.25, 0.3) is 17.2 Å². The molecule has 4 rings (SSSR count). The highest BCUT2D eigenvalue weighted by atomic mass is 35.5. The molecule has 0 saturated carbocycles. The van der Waals surface area contributed by atoms with Gasteiger partial charge >= 0.3 is 0 Å². The second-order valence-corrected chi connectivity index (χ2v) is 8.06. The van der Waals surface area contributed by atoms with E-state index in [9.17, 15) is 5.26 Å². The first-order valence-electron chi connectivity index (χ1n) is 9.80. The molecule has 1 saturated heterocycles. The number of halogens is 2. The molecule has 3 heterocycles. The fraction of sp³-hybridized carbons (Fsp3) is 0.333. The predicted molar refractivity (Wildman–Crippen MR) is 118 cm³/mol. The zero-order chi connectivity index (χ0) is 21.1. The lowest BCUT2D eigenvalue weighted by Gasteiger charge is -2.24. The Morgan fingerprint density at radius 1 is 1.27 bits per heavy atom. The zero-order valence-corrected chi connectivity index (χ0v) is 18.0. The van der Waals surface area contributed by atoms with Gasteiger partial charge in [0.15, 0.2) is 0 Å². The second-order valence-electron chi connectivity index (χ2n) is 7.25. The van der Waals surface area contributed by atoms with Crippen molar-refractivity contribution in [1.29, 1.82) is 5.26 Å². The van der Waals surface area contributed by atoms with E-state index >= 15 is 0 Å². The van der Waals surface area contributed by atoms with E-state index in [0.717, 1.165) is 37.2 Å². The van der Waals surface area contributed by atoms with Crippen LogP contribution in [0, 0.1) is 11.3 Å². The van der Waals surface area contributed by atoms with Gasteiger partial charge in [-0.1, -0.05) is 23.2 Å². The minimum atomic E-state index is -0.372. The van der Waals surface area contributed by atoms with E-state index in [2.05, 4.69) is 26.7 Å². The molecule has 1 unspecified atom stereocenters. The summed E-state index contributed by atoms with van der Waals surface area (Å²) in [6.45, 7) is 3.75. The molecule has 1 aliphatic rings. The molecule has 30 heavy (non-hydrogen) atoms. The van der Waals surface area contributed by atoms with Gasteiger partial charge in [0, 0.05) is 24.3 Å². The largest absolute Gasteiger partial charge is 0.350 e. The first-order valence-corrected chi connectivity index (χ1v) is 10.6. The van der Waals surface area contributed by atoms with E-state index in [1.54, 1.807) is 30.6 Å². The summed E-state index contributed by atoms with van der Waals surface area (Å²) in [5.41, 5.74) is 1.52. The minimum absolute atomic E-state index is 0.281. The minimum Gasteiger partial charge on any atom is -0.350 e. The summed E-state index contributed by atoms with van der Waals surface area (Å²) in [5, 5.41) is 17.2. The van der Waals surface area contributed by atoms with E-state index in [4.69, 9.17) is 28.2 Å². The van der Waals surface area contributed by atoms with Gasteiger partial charge in [-0.15, -0.1) is 0 Å². The van der Waals surface area contributed by atoms with Crippen LogP contribution in [-0.2, 0) is 0 Å². The Balaban J connectivity index is 1.77. The van der Waals surface area contributed by atoms with Crippen molar-refractivity contribution in [3.63, 3.8) is 0 Å². The molecule has 9 heteroatoms. The molecule has 0 bridgehead atoms. The van der Waals surface area contributed by atoms with Gasteiger partial charge in [-0.25, -0.2) is 9.97 Å². The van der Waals surface area contributed by atoms with E-state index in [1.807, 2.05) is 17.6 Å².